The summed E-state index contributed by atoms with van der Waals surface area (Å²) in [6.07, 6.45) is -0.0562. The van der Waals surface area contributed by atoms with Gasteiger partial charge in [0, 0.05) is 45.2 Å². The number of rotatable bonds is 20. The number of carbonyl (C=O) groups excluding carboxylic acids is 5. The molecule has 310 valence electrons. The maximum Gasteiger partial charge on any atom is 0.328 e. The summed E-state index contributed by atoms with van der Waals surface area (Å²) in [5.74, 6) is -3.85. The molecule has 57 heavy (non-hydrogen) atoms. The molecule has 3 rings (SSSR count). The molecule has 0 bridgehead atoms. The first-order valence-corrected chi connectivity index (χ1v) is 19.8. The number of methoxy groups -OCH3 is 1. The number of aryl methyl sites for hydroxylation is 2. The van der Waals surface area contributed by atoms with Crippen LogP contribution in [0.15, 0.2) is 72.8 Å². The number of hydrogen-bond donors (Lipinski definition) is 1. The van der Waals surface area contributed by atoms with Crippen LogP contribution in [0.1, 0.15) is 68.4 Å². The van der Waals surface area contributed by atoms with E-state index in [1.165, 1.54) is 43.1 Å². The molecule has 0 unspecified atom stereocenters. The van der Waals surface area contributed by atoms with Crippen LogP contribution in [0.4, 0.5) is 0 Å². The normalized spacial score (nSPS) is 14.5. The predicted molar refractivity (Wildman–Crippen MR) is 221 cm³/mol. The molecule has 0 aliphatic carbocycles. The first kappa shape index (κ1) is 46.4. The molecule has 0 saturated carbocycles. The Kier molecular flexibility index (Phi) is 17.5. The molecule has 6 atom stereocenters. The van der Waals surface area contributed by atoms with E-state index >= 15 is 0 Å². The Morgan fingerprint density at radius 2 is 1.07 bits per heavy atom. The number of amides is 2. The van der Waals surface area contributed by atoms with Gasteiger partial charge in [0.05, 0.1) is 7.11 Å². The number of benzene rings is 3. The van der Waals surface area contributed by atoms with E-state index in [0.29, 0.717) is 18.4 Å². The van der Waals surface area contributed by atoms with Gasteiger partial charge in [-0.25, -0.2) is 4.79 Å². The third-order valence-electron chi connectivity index (χ3n) is 11.0. The van der Waals surface area contributed by atoms with E-state index in [2.05, 4.69) is 0 Å². The fraction of sp³-hybridized carbons (Fsp3) is 0.500. The molecule has 0 fully saturated rings. The number of nitrogens with zero attached hydrogens (tertiary/aromatic N) is 3. The lowest BCUT2D eigenvalue weighted by molar-refractivity contribution is -0.163. The topological polar surface area (TPSA) is 134 Å². The summed E-state index contributed by atoms with van der Waals surface area (Å²) in [6, 6.07) is 19.2. The minimum absolute atomic E-state index is 0.0500. The molecule has 0 heterocycles. The number of phenolic OH excluding ortho intramolecular Hbond substituents is 1. The first-order valence-electron chi connectivity index (χ1n) is 19.8. The maximum atomic E-state index is 14.6. The lowest BCUT2D eigenvalue weighted by Crippen LogP contribution is -2.55. The van der Waals surface area contributed by atoms with E-state index < -0.39 is 53.9 Å². The number of phenols is 1. The molecule has 11 heteroatoms. The molecule has 3 aromatic carbocycles. The van der Waals surface area contributed by atoms with Gasteiger partial charge in [0.1, 0.15) is 23.9 Å². The zero-order valence-corrected chi connectivity index (χ0v) is 35.7. The second-order valence-electron chi connectivity index (χ2n) is 15.9. The van der Waals surface area contributed by atoms with Crippen molar-refractivity contribution >= 4 is 29.5 Å². The summed E-state index contributed by atoms with van der Waals surface area (Å²) < 4.78 is 11.2. The summed E-state index contributed by atoms with van der Waals surface area (Å²) in [5.41, 5.74) is 4.63. The van der Waals surface area contributed by atoms with Crippen molar-refractivity contribution in [2.24, 2.45) is 17.8 Å². The molecule has 0 aromatic heterocycles. The fourth-order valence-electron chi connectivity index (χ4n) is 6.79. The number of esters is 2. The molecule has 0 aliphatic rings. The molecule has 0 aliphatic heterocycles. The van der Waals surface area contributed by atoms with Crippen LogP contribution in [0.2, 0.25) is 0 Å². The molecule has 0 radical (unpaired) electrons. The summed E-state index contributed by atoms with van der Waals surface area (Å²) in [6.45, 7) is 11.4. The van der Waals surface area contributed by atoms with Gasteiger partial charge in [-0.3, -0.25) is 24.1 Å². The average Bonchev–Trinajstić information content (AvgIpc) is 3.19. The maximum absolute atomic E-state index is 14.6. The van der Waals surface area contributed by atoms with Crippen molar-refractivity contribution in [1.82, 2.24) is 14.7 Å². The third kappa shape index (κ3) is 13.0. The highest BCUT2D eigenvalue weighted by Gasteiger charge is 2.40. The van der Waals surface area contributed by atoms with E-state index in [9.17, 15) is 29.1 Å². The molecular formula is C46H63N3O8. The van der Waals surface area contributed by atoms with E-state index in [1.54, 1.807) is 31.1 Å². The van der Waals surface area contributed by atoms with Crippen molar-refractivity contribution in [3.8, 4) is 5.75 Å². The summed E-state index contributed by atoms with van der Waals surface area (Å²) in [7, 11) is 7.92. The molecule has 2 amide bonds. The molecule has 3 aromatic rings. The van der Waals surface area contributed by atoms with Crippen molar-refractivity contribution in [2.75, 3.05) is 35.3 Å². The second kappa shape index (κ2) is 21.5. The highest BCUT2D eigenvalue weighted by molar-refractivity contribution is 5.94. The lowest BCUT2D eigenvalue weighted by Gasteiger charge is -2.36. The predicted octanol–water partition coefficient (Wildman–Crippen LogP) is 5.98. The van der Waals surface area contributed by atoms with Crippen molar-refractivity contribution in [1.29, 1.82) is 0 Å². The number of likely N-dealkylation sites (N-methyl/N-ethyl adjacent to an activating group) is 3. The zero-order chi connectivity index (χ0) is 42.6. The number of ether oxygens (including phenoxy) is 2. The van der Waals surface area contributed by atoms with Crippen LogP contribution < -0.4 is 0 Å². The fourth-order valence-corrected chi connectivity index (χ4v) is 6.79. The van der Waals surface area contributed by atoms with Gasteiger partial charge >= 0.3 is 11.9 Å². The van der Waals surface area contributed by atoms with E-state index in [1.807, 2.05) is 90.1 Å². The van der Waals surface area contributed by atoms with E-state index in [-0.39, 0.29) is 42.6 Å². The summed E-state index contributed by atoms with van der Waals surface area (Å²) >= 11 is 0. The molecule has 0 saturated heterocycles. The number of hydrogen-bond acceptors (Lipinski definition) is 9. The van der Waals surface area contributed by atoms with E-state index in [0.717, 1.165) is 22.3 Å². The number of ketones is 1. The van der Waals surface area contributed by atoms with Gasteiger partial charge in [-0.1, -0.05) is 99.5 Å². The highest BCUT2D eigenvalue weighted by Crippen LogP contribution is 2.26. The van der Waals surface area contributed by atoms with Gasteiger partial charge in [-0.05, 0) is 75.5 Å². The van der Waals surface area contributed by atoms with Crippen LogP contribution in [0.3, 0.4) is 0 Å². The Labute approximate surface area is 339 Å². The van der Waals surface area contributed by atoms with Crippen LogP contribution in [0, 0.1) is 31.6 Å². The van der Waals surface area contributed by atoms with Crippen LogP contribution in [0.5, 0.6) is 5.75 Å². The van der Waals surface area contributed by atoms with Gasteiger partial charge in [0.2, 0.25) is 11.8 Å². The number of Topliss-reactive ketones (excluding diaryl/α,β-unsaturated/α-hetero) is 1. The summed E-state index contributed by atoms with van der Waals surface area (Å²) in [5, 5.41) is 9.95. The minimum atomic E-state index is -1.08. The van der Waals surface area contributed by atoms with Gasteiger partial charge in [0.15, 0.2) is 11.9 Å². The van der Waals surface area contributed by atoms with Gasteiger partial charge < -0.3 is 24.4 Å². The van der Waals surface area contributed by atoms with Crippen LogP contribution >= 0.6 is 0 Å². The van der Waals surface area contributed by atoms with Crippen molar-refractivity contribution in [3.63, 3.8) is 0 Å². The SMILES string of the molecule is CC[C@H](C)[C@H](OC(=O)[C@@H](Cc1ccc(C)cc1)N(C)C)C(=O)C[C@@H](C(=O)N(C)[C@H](Cc1ccc(O)cc1)C(=O)N(C)[C@H](Cc1ccc(C)cc1)C(=O)OC)C(C)C. The Morgan fingerprint density at radius 3 is 1.51 bits per heavy atom. The standard InChI is InChI=1S/C46H63N3O8/c1-12-32(6)42(57-46(55)39(47(7)8)26-33-17-13-30(4)14-18-33)41(51)28-37(29(2)3)43(52)48(9)38(25-35-21-23-36(50)24-22-35)44(53)49(10)40(45(54)56-11)27-34-19-15-31(5)16-20-34/h13-24,29,32,37-40,42,50H,12,25-28H2,1-11H3/t32-,37+,38+,39+,40+,42-/m0/s1. The smallest absolute Gasteiger partial charge is 0.328 e. The van der Waals surface area contributed by atoms with Gasteiger partial charge in [0.25, 0.3) is 0 Å². The first-order chi connectivity index (χ1) is 26.9. The van der Waals surface area contributed by atoms with Crippen LogP contribution in [0.25, 0.3) is 0 Å². The Hall–Kier alpha value is -5.03. The Morgan fingerprint density at radius 1 is 0.632 bits per heavy atom. The van der Waals surface area contributed by atoms with E-state index in [4.69, 9.17) is 9.47 Å². The van der Waals surface area contributed by atoms with Crippen LogP contribution in [-0.2, 0) is 52.7 Å². The number of aromatic hydroxyl groups is 1. The molecule has 1 N–H and O–H groups in total. The molecule has 0 spiro atoms. The van der Waals surface area contributed by atoms with Crippen molar-refractivity contribution in [2.45, 2.75) is 97.9 Å². The summed E-state index contributed by atoms with van der Waals surface area (Å²) in [4.78, 5) is 74.7. The lowest BCUT2D eigenvalue weighted by atomic mass is 9.85. The highest BCUT2D eigenvalue weighted by atomic mass is 16.5. The minimum Gasteiger partial charge on any atom is -0.508 e. The average molecular weight is 786 g/mol. The van der Waals surface area contributed by atoms with Gasteiger partial charge in [-0.2, -0.15) is 0 Å². The monoisotopic (exact) mass is 785 g/mol. The van der Waals surface area contributed by atoms with Gasteiger partial charge in [-0.15, -0.1) is 0 Å². The van der Waals surface area contributed by atoms with Crippen LogP contribution in [-0.4, -0.2) is 109 Å². The molecular weight excluding hydrogens is 723 g/mol. The zero-order valence-electron chi connectivity index (χ0n) is 35.7. The third-order valence-corrected chi connectivity index (χ3v) is 11.0. The quantitative estimate of drug-likeness (QED) is 0.137. The Balaban J connectivity index is 1.93. The Bertz CT molecular complexity index is 1790. The molecule has 11 nitrogen and oxygen atoms in total. The second-order valence-corrected chi connectivity index (χ2v) is 15.9. The van der Waals surface area contributed by atoms with Crippen molar-refractivity contribution < 1.29 is 38.6 Å². The number of carbonyl (C=O) groups is 5. The van der Waals surface area contributed by atoms with Crippen molar-refractivity contribution in [3.05, 3.63) is 101 Å². The largest absolute Gasteiger partial charge is 0.508 e.